The van der Waals surface area contributed by atoms with Crippen molar-refractivity contribution < 1.29 is 17.9 Å². The molecule has 4 aromatic rings. The van der Waals surface area contributed by atoms with Crippen molar-refractivity contribution in [3.63, 3.8) is 0 Å². The molecule has 0 fully saturated rings. The number of hydrogen-bond acceptors (Lipinski definition) is 7. The van der Waals surface area contributed by atoms with Crippen molar-refractivity contribution in [2.45, 2.75) is 11.8 Å². The van der Waals surface area contributed by atoms with Gasteiger partial charge in [-0.25, -0.2) is 13.1 Å². The Hall–Kier alpha value is -3.02. The van der Waals surface area contributed by atoms with Crippen molar-refractivity contribution >= 4 is 31.6 Å². The SMILES string of the molecule is CCOc1ccc(Br)cc1S(=O)(=O)NCCOc1ccc2nnc(-c3ccccc3)n2n1. The van der Waals surface area contributed by atoms with E-state index in [4.69, 9.17) is 9.47 Å². The molecule has 2 aromatic heterocycles. The van der Waals surface area contributed by atoms with E-state index in [1.54, 1.807) is 35.7 Å². The molecule has 32 heavy (non-hydrogen) atoms. The molecule has 0 spiro atoms. The average molecular weight is 518 g/mol. The monoisotopic (exact) mass is 517 g/mol. The van der Waals surface area contributed by atoms with Gasteiger partial charge in [0.1, 0.15) is 17.3 Å². The van der Waals surface area contributed by atoms with Crippen LogP contribution in [0.15, 0.2) is 70.0 Å². The third-order valence-corrected chi connectivity index (χ3v) is 6.39. The van der Waals surface area contributed by atoms with E-state index in [1.165, 1.54) is 6.07 Å². The van der Waals surface area contributed by atoms with E-state index in [2.05, 4.69) is 35.9 Å². The third kappa shape index (κ3) is 4.90. The average Bonchev–Trinajstić information content (AvgIpc) is 3.22. The molecule has 9 nitrogen and oxygen atoms in total. The minimum atomic E-state index is -3.79. The van der Waals surface area contributed by atoms with Gasteiger partial charge in [0, 0.05) is 22.6 Å². The second-order valence-electron chi connectivity index (χ2n) is 6.60. The van der Waals surface area contributed by atoms with Gasteiger partial charge in [-0.1, -0.05) is 46.3 Å². The summed E-state index contributed by atoms with van der Waals surface area (Å²) in [5, 5.41) is 12.7. The smallest absolute Gasteiger partial charge is 0.244 e. The molecule has 0 atom stereocenters. The van der Waals surface area contributed by atoms with Crippen LogP contribution in [0.5, 0.6) is 11.6 Å². The van der Waals surface area contributed by atoms with Gasteiger partial charge in [-0.3, -0.25) is 0 Å². The summed E-state index contributed by atoms with van der Waals surface area (Å²) >= 11 is 3.30. The lowest BCUT2D eigenvalue weighted by molar-refractivity contribution is 0.305. The van der Waals surface area contributed by atoms with E-state index >= 15 is 0 Å². The number of halogens is 1. The Morgan fingerprint density at radius 2 is 1.84 bits per heavy atom. The first-order chi connectivity index (χ1) is 15.5. The van der Waals surface area contributed by atoms with Crippen LogP contribution in [0.25, 0.3) is 17.0 Å². The number of aromatic nitrogens is 4. The summed E-state index contributed by atoms with van der Waals surface area (Å²) in [5.74, 6) is 1.20. The van der Waals surface area contributed by atoms with Gasteiger partial charge in [0.05, 0.1) is 6.61 Å². The molecule has 0 bridgehead atoms. The topological polar surface area (TPSA) is 108 Å². The maximum absolute atomic E-state index is 12.7. The predicted molar refractivity (Wildman–Crippen MR) is 122 cm³/mol. The van der Waals surface area contributed by atoms with Gasteiger partial charge in [0.15, 0.2) is 11.5 Å². The summed E-state index contributed by atoms with van der Waals surface area (Å²) in [5.41, 5.74) is 1.45. The van der Waals surface area contributed by atoms with E-state index in [9.17, 15) is 8.42 Å². The second-order valence-corrected chi connectivity index (χ2v) is 9.25. The first-order valence-electron chi connectivity index (χ1n) is 9.80. The summed E-state index contributed by atoms with van der Waals surface area (Å²) in [6, 6.07) is 17.8. The van der Waals surface area contributed by atoms with Gasteiger partial charge in [0.25, 0.3) is 0 Å². The lowest BCUT2D eigenvalue weighted by atomic mass is 10.2. The number of rotatable bonds is 9. The normalized spacial score (nSPS) is 11.6. The highest BCUT2D eigenvalue weighted by Crippen LogP contribution is 2.27. The minimum Gasteiger partial charge on any atom is -0.492 e. The maximum atomic E-state index is 12.7. The van der Waals surface area contributed by atoms with E-state index in [-0.39, 0.29) is 23.8 Å². The Morgan fingerprint density at radius 1 is 1.03 bits per heavy atom. The predicted octanol–water partition coefficient (Wildman–Crippen LogP) is 3.31. The van der Waals surface area contributed by atoms with Gasteiger partial charge in [-0.15, -0.1) is 15.3 Å². The van der Waals surface area contributed by atoms with Gasteiger partial charge < -0.3 is 9.47 Å². The molecule has 0 aliphatic carbocycles. The zero-order chi connectivity index (χ0) is 22.6. The quantitative estimate of drug-likeness (QED) is 0.339. The fourth-order valence-corrected chi connectivity index (χ4v) is 4.69. The van der Waals surface area contributed by atoms with Crippen LogP contribution in [0, 0.1) is 0 Å². The largest absolute Gasteiger partial charge is 0.492 e. The second kappa shape index (κ2) is 9.63. The summed E-state index contributed by atoms with van der Waals surface area (Å²) in [4.78, 5) is 0.0604. The van der Waals surface area contributed by atoms with Gasteiger partial charge >= 0.3 is 0 Å². The highest BCUT2D eigenvalue weighted by Gasteiger charge is 2.20. The van der Waals surface area contributed by atoms with Crippen molar-refractivity contribution in [3.8, 4) is 23.0 Å². The summed E-state index contributed by atoms with van der Waals surface area (Å²) in [6.45, 7) is 2.28. The molecule has 11 heteroatoms. The molecule has 0 aliphatic heterocycles. The Kier molecular flexibility index (Phi) is 6.68. The van der Waals surface area contributed by atoms with Crippen molar-refractivity contribution in [2.24, 2.45) is 0 Å². The minimum absolute atomic E-state index is 0.0495. The molecule has 166 valence electrons. The van der Waals surface area contributed by atoms with Crippen molar-refractivity contribution in [3.05, 3.63) is 65.1 Å². The number of benzene rings is 2. The molecular weight excluding hydrogens is 498 g/mol. The first kappa shape index (κ1) is 22.2. The number of nitrogens with one attached hydrogen (secondary N) is 1. The molecule has 2 heterocycles. The van der Waals surface area contributed by atoms with Crippen LogP contribution in [-0.4, -0.2) is 48.0 Å². The van der Waals surface area contributed by atoms with Crippen LogP contribution in [-0.2, 0) is 10.0 Å². The van der Waals surface area contributed by atoms with E-state index in [0.717, 1.165) is 5.56 Å². The highest BCUT2D eigenvalue weighted by molar-refractivity contribution is 9.10. The molecule has 1 N–H and O–H groups in total. The maximum Gasteiger partial charge on any atom is 0.244 e. The molecule has 2 aromatic carbocycles. The van der Waals surface area contributed by atoms with Crippen LogP contribution in [0.1, 0.15) is 6.92 Å². The van der Waals surface area contributed by atoms with Crippen LogP contribution in [0.2, 0.25) is 0 Å². The molecule has 0 saturated heterocycles. The van der Waals surface area contributed by atoms with Crippen LogP contribution in [0.4, 0.5) is 0 Å². The van der Waals surface area contributed by atoms with Gasteiger partial charge in [-0.05, 0) is 31.2 Å². The number of nitrogens with zero attached hydrogens (tertiary/aromatic N) is 4. The summed E-state index contributed by atoms with van der Waals surface area (Å²) in [6.07, 6.45) is 0. The first-order valence-corrected chi connectivity index (χ1v) is 12.1. The Bertz CT molecular complexity index is 1330. The molecule has 0 radical (unpaired) electrons. The molecule has 4 rings (SSSR count). The molecular formula is C21H20BrN5O4S. The lowest BCUT2D eigenvalue weighted by Gasteiger charge is -2.12. The zero-order valence-corrected chi connectivity index (χ0v) is 19.5. The van der Waals surface area contributed by atoms with E-state index in [0.29, 0.717) is 28.4 Å². The van der Waals surface area contributed by atoms with E-state index in [1.807, 2.05) is 30.3 Å². The lowest BCUT2D eigenvalue weighted by Crippen LogP contribution is -2.28. The number of ether oxygens (including phenoxy) is 2. The third-order valence-electron chi connectivity index (χ3n) is 4.41. The van der Waals surface area contributed by atoms with Gasteiger partial charge in [0.2, 0.25) is 15.9 Å². The Labute approximate surface area is 193 Å². The number of hydrogen-bond donors (Lipinski definition) is 1. The summed E-state index contributed by atoms with van der Waals surface area (Å²) < 4.78 is 41.3. The fourth-order valence-electron chi connectivity index (χ4n) is 2.99. The highest BCUT2D eigenvalue weighted by atomic mass is 79.9. The number of fused-ring (bicyclic) bond motifs is 1. The van der Waals surface area contributed by atoms with Crippen LogP contribution >= 0.6 is 15.9 Å². The van der Waals surface area contributed by atoms with Crippen LogP contribution in [0.3, 0.4) is 0 Å². The van der Waals surface area contributed by atoms with E-state index < -0.39 is 10.0 Å². The van der Waals surface area contributed by atoms with Crippen molar-refractivity contribution in [2.75, 3.05) is 19.8 Å². The van der Waals surface area contributed by atoms with Crippen molar-refractivity contribution in [1.82, 2.24) is 24.5 Å². The molecule has 0 unspecified atom stereocenters. The fraction of sp³-hybridized carbons (Fsp3) is 0.190. The Balaban J connectivity index is 1.43. The zero-order valence-electron chi connectivity index (χ0n) is 17.1. The van der Waals surface area contributed by atoms with Gasteiger partial charge in [-0.2, -0.15) is 4.52 Å². The van der Waals surface area contributed by atoms with Crippen LogP contribution < -0.4 is 14.2 Å². The number of sulfonamides is 1. The molecule has 0 saturated carbocycles. The Morgan fingerprint density at radius 3 is 2.62 bits per heavy atom. The standard InChI is InChI=1S/C21H20BrN5O4S/c1-2-30-17-9-8-16(22)14-18(17)32(28,29)23-12-13-31-20-11-10-19-24-25-21(27(19)26-20)15-6-4-3-5-7-15/h3-11,14,23H,2,12-13H2,1H3. The summed E-state index contributed by atoms with van der Waals surface area (Å²) in [7, 11) is -3.79. The molecule has 0 aliphatic rings. The van der Waals surface area contributed by atoms with Crippen molar-refractivity contribution in [1.29, 1.82) is 0 Å². The molecule has 0 amide bonds.